The van der Waals surface area contributed by atoms with Crippen LogP contribution in [0.5, 0.6) is 0 Å². The van der Waals surface area contributed by atoms with Crippen LogP contribution in [0.3, 0.4) is 0 Å². The van der Waals surface area contributed by atoms with E-state index in [1.807, 2.05) is 13.2 Å². The monoisotopic (exact) mass is 488 g/mol. The molecule has 27 heavy (non-hydrogen) atoms. The molecular formula is C20H37IN6. The molecule has 6 nitrogen and oxygen atoms in total. The van der Waals surface area contributed by atoms with Gasteiger partial charge < -0.3 is 19.7 Å². The van der Waals surface area contributed by atoms with E-state index < -0.39 is 0 Å². The van der Waals surface area contributed by atoms with Crippen molar-refractivity contribution in [1.29, 1.82) is 0 Å². The quantitative estimate of drug-likeness (QED) is 0.278. The van der Waals surface area contributed by atoms with Crippen molar-refractivity contribution in [3.05, 3.63) is 18.2 Å². The molecule has 154 valence electrons. The van der Waals surface area contributed by atoms with Crippen molar-refractivity contribution in [2.24, 2.45) is 10.9 Å². The van der Waals surface area contributed by atoms with Crippen LogP contribution in [-0.4, -0.2) is 71.6 Å². The van der Waals surface area contributed by atoms with E-state index >= 15 is 0 Å². The number of aromatic nitrogens is 2. The molecule has 1 aromatic rings. The lowest BCUT2D eigenvalue weighted by Crippen LogP contribution is -2.41. The van der Waals surface area contributed by atoms with E-state index in [9.17, 15) is 0 Å². The van der Waals surface area contributed by atoms with Crippen molar-refractivity contribution >= 4 is 29.9 Å². The van der Waals surface area contributed by atoms with Gasteiger partial charge in [0.15, 0.2) is 5.96 Å². The number of aryl methyl sites for hydroxylation is 2. The Labute approximate surface area is 181 Å². The highest BCUT2D eigenvalue weighted by Gasteiger charge is 2.26. The van der Waals surface area contributed by atoms with Gasteiger partial charge in [-0.05, 0) is 58.0 Å². The number of piperidine rings is 1. The number of imidazole rings is 1. The van der Waals surface area contributed by atoms with E-state index in [0.29, 0.717) is 0 Å². The Balaban J connectivity index is 0.00000261. The lowest BCUT2D eigenvalue weighted by atomic mass is 10.1. The zero-order valence-corrected chi connectivity index (χ0v) is 19.4. The van der Waals surface area contributed by atoms with E-state index in [-0.39, 0.29) is 24.0 Å². The van der Waals surface area contributed by atoms with Crippen molar-refractivity contribution in [2.45, 2.75) is 52.0 Å². The van der Waals surface area contributed by atoms with Crippen molar-refractivity contribution in [3.63, 3.8) is 0 Å². The lowest BCUT2D eigenvalue weighted by molar-refractivity contribution is 0.198. The number of aliphatic imine (C=N–C) groups is 1. The summed E-state index contributed by atoms with van der Waals surface area (Å²) in [7, 11) is 1.91. The Morgan fingerprint density at radius 3 is 2.74 bits per heavy atom. The molecule has 0 saturated carbocycles. The minimum absolute atomic E-state index is 0. The van der Waals surface area contributed by atoms with Crippen LogP contribution in [0.4, 0.5) is 0 Å². The van der Waals surface area contributed by atoms with Crippen molar-refractivity contribution in [2.75, 3.05) is 46.3 Å². The third-order valence-electron chi connectivity index (χ3n) is 5.79. The largest absolute Gasteiger partial charge is 0.356 e. The fourth-order valence-electron chi connectivity index (χ4n) is 4.26. The van der Waals surface area contributed by atoms with Crippen LogP contribution in [-0.2, 0) is 6.54 Å². The standard InChI is InChI=1S/C20H36N6.HI/c1-18-22-10-15-25(18)13-7-4-9-23-20(21-2)26-14-8-19(17-26)16-24-11-5-3-6-12-24;/h10,15,19H,3-9,11-14,16-17H2,1-2H3,(H,21,23);1H. The highest BCUT2D eigenvalue weighted by molar-refractivity contribution is 14.0. The minimum Gasteiger partial charge on any atom is -0.356 e. The highest BCUT2D eigenvalue weighted by Crippen LogP contribution is 2.19. The van der Waals surface area contributed by atoms with Crippen LogP contribution in [0.1, 0.15) is 44.3 Å². The summed E-state index contributed by atoms with van der Waals surface area (Å²) in [4.78, 5) is 13.9. The summed E-state index contributed by atoms with van der Waals surface area (Å²) in [6, 6.07) is 0. The molecular weight excluding hydrogens is 451 g/mol. The maximum atomic E-state index is 4.52. The van der Waals surface area contributed by atoms with Gasteiger partial charge >= 0.3 is 0 Å². The third kappa shape index (κ3) is 6.93. The second-order valence-corrected chi connectivity index (χ2v) is 7.81. The molecule has 2 saturated heterocycles. The van der Waals surface area contributed by atoms with E-state index in [4.69, 9.17) is 0 Å². The second-order valence-electron chi connectivity index (χ2n) is 7.81. The molecule has 2 aliphatic heterocycles. The van der Waals surface area contributed by atoms with Crippen LogP contribution >= 0.6 is 24.0 Å². The maximum Gasteiger partial charge on any atom is 0.193 e. The minimum atomic E-state index is 0. The predicted octanol–water partition coefficient (Wildman–Crippen LogP) is 2.97. The number of guanidine groups is 1. The number of unbranched alkanes of at least 4 members (excludes halogenated alkanes) is 1. The molecule has 3 heterocycles. The SMILES string of the molecule is CN=C(NCCCCn1ccnc1C)N1CCC(CN2CCCCC2)C1.I. The Morgan fingerprint density at radius 1 is 1.22 bits per heavy atom. The fraction of sp³-hybridized carbons (Fsp3) is 0.800. The summed E-state index contributed by atoms with van der Waals surface area (Å²) in [5.41, 5.74) is 0. The Morgan fingerprint density at radius 2 is 2.04 bits per heavy atom. The van der Waals surface area contributed by atoms with Gasteiger partial charge in [-0.2, -0.15) is 0 Å². The molecule has 2 fully saturated rings. The van der Waals surface area contributed by atoms with Gasteiger partial charge in [-0.15, -0.1) is 24.0 Å². The first-order chi connectivity index (χ1) is 12.8. The Kier molecular flexibility index (Phi) is 9.89. The summed E-state index contributed by atoms with van der Waals surface area (Å²) in [5.74, 6) is 2.99. The molecule has 2 aliphatic rings. The van der Waals surface area contributed by atoms with Crippen LogP contribution in [0.2, 0.25) is 0 Å². The van der Waals surface area contributed by atoms with Crippen molar-refractivity contribution in [1.82, 2.24) is 24.7 Å². The Bertz CT molecular complexity index is 567. The average Bonchev–Trinajstić information content (AvgIpc) is 3.28. The molecule has 0 bridgehead atoms. The molecule has 0 amide bonds. The van der Waals surface area contributed by atoms with Crippen molar-refractivity contribution < 1.29 is 0 Å². The number of hydrogen-bond acceptors (Lipinski definition) is 3. The van der Waals surface area contributed by atoms with Gasteiger partial charge in [0.25, 0.3) is 0 Å². The zero-order valence-electron chi connectivity index (χ0n) is 17.1. The first-order valence-electron chi connectivity index (χ1n) is 10.4. The zero-order chi connectivity index (χ0) is 18.2. The summed E-state index contributed by atoms with van der Waals surface area (Å²) in [5, 5.41) is 3.57. The van der Waals surface area contributed by atoms with Crippen LogP contribution in [0, 0.1) is 12.8 Å². The van der Waals surface area contributed by atoms with Gasteiger partial charge in [0, 0.05) is 52.2 Å². The van der Waals surface area contributed by atoms with E-state index in [1.165, 1.54) is 51.7 Å². The predicted molar refractivity (Wildman–Crippen MR) is 123 cm³/mol. The smallest absolute Gasteiger partial charge is 0.193 e. The summed E-state index contributed by atoms with van der Waals surface area (Å²) >= 11 is 0. The van der Waals surface area contributed by atoms with Crippen molar-refractivity contribution in [3.8, 4) is 0 Å². The molecule has 1 N–H and O–H groups in total. The van der Waals surface area contributed by atoms with Gasteiger partial charge in [0.2, 0.25) is 0 Å². The molecule has 1 unspecified atom stereocenters. The van der Waals surface area contributed by atoms with E-state index in [2.05, 4.69) is 42.8 Å². The van der Waals surface area contributed by atoms with Crippen LogP contribution in [0.25, 0.3) is 0 Å². The van der Waals surface area contributed by atoms with Crippen LogP contribution < -0.4 is 5.32 Å². The molecule has 0 aromatic carbocycles. The highest BCUT2D eigenvalue weighted by atomic mass is 127. The molecule has 1 aromatic heterocycles. The molecule has 3 rings (SSSR count). The van der Waals surface area contributed by atoms with Crippen LogP contribution in [0.15, 0.2) is 17.4 Å². The topological polar surface area (TPSA) is 48.7 Å². The van der Waals surface area contributed by atoms with Gasteiger partial charge in [0.1, 0.15) is 5.82 Å². The molecule has 0 radical (unpaired) electrons. The summed E-state index contributed by atoms with van der Waals surface area (Å²) < 4.78 is 2.22. The van der Waals surface area contributed by atoms with Gasteiger partial charge in [-0.25, -0.2) is 4.98 Å². The van der Waals surface area contributed by atoms with E-state index in [0.717, 1.165) is 50.3 Å². The average molecular weight is 488 g/mol. The summed E-state index contributed by atoms with van der Waals surface area (Å²) in [6.07, 6.45) is 11.8. The molecule has 0 aliphatic carbocycles. The van der Waals surface area contributed by atoms with Gasteiger partial charge in [-0.1, -0.05) is 6.42 Å². The number of rotatable bonds is 7. The molecule has 0 spiro atoms. The lowest BCUT2D eigenvalue weighted by Gasteiger charge is -2.29. The first-order valence-corrected chi connectivity index (χ1v) is 10.4. The summed E-state index contributed by atoms with van der Waals surface area (Å²) in [6.45, 7) is 10.3. The second kappa shape index (κ2) is 11.9. The number of nitrogens with zero attached hydrogens (tertiary/aromatic N) is 5. The number of likely N-dealkylation sites (tertiary alicyclic amines) is 2. The number of halogens is 1. The van der Waals surface area contributed by atoms with Gasteiger partial charge in [-0.3, -0.25) is 4.99 Å². The fourth-order valence-corrected chi connectivity index (χ4v) is 4.26. The number of nitrogens with one attached hydrogen (secondary N) is 1. The third-order valence-corrected chi connectivity index (χ3v) is 5.79. The van der Waals surface area contributed by atoms with E-state index in [1.54, 1.807) is 0 Å². The molecule has 1 atom stereocenters. The first kappa shape index (κ1) is 22.5. The Hall–Kier alpha value is -0.830. The van der Waals surface area contributed by atoms with Gasteiger partial charge in [0.05, 0.1) is 0 Å². The molecule has 7 heteroatoms. The normalized spacial score (nSPS) is 21.3. The number of hydrogen-bond donors (Lipinski definition) is 1. The maximum absolute atomic E-state index is 4.52.